The highest BCUT2D eigenvalue weighted by Crippen LogP contribution is 2.44. The highest BCUT2D eigenvalue weighted by atomic mass is 79.9. The van der Waals surface area contributed by atoms with Crippen molar-refractivity contribution in [3.63, 3.8) is 0 Å². The van der Waals surface area contributed by atoms with Gasteiger partial charge in [0, 0.05) is 24.0 Å². The summed E-state index contributed by atoms with van der Waals surface area (Å²) in [7, 11) is 0. The fourth-order valence-corrected chi connectivity index (χ4v) is 4.54. The van der Waals surface area contributed by atoms with Gasteiger partial charge in [-0.05, 0) is 78.9 Å². The van der Waals surface area contributed by atoms with Crippen molar-refractivity contribution in [2.75, 3.05) is 13.2 Å². The van der Waals surface area contributed by atoms with E-state index in [4.69, 9.17) is 21.1 Å². The summed E-state index contributed by atoms with van der Waals surface area (Å²) in [5, 5.41) is 0.349. The summed E-state index contributed by atoms with van der Waals surface area (Å²) in [6, 6.07) is 3.39. The number of carbonyl (C=O) groups excluding carboxylic acids is 1. The van der Waals surface area contributed by atoms with Crippen LogP contribution in [0.2, 0.25) is 5.15 Å². The maximum absolute atomic E-state index is 12.2. The van der Waals surface area contributed by atoms with Crippen molar-refractivity contribution in [2.45, 2.75) is 51.0 Å². The number of ether oxygens (including phenoxy) is 2. The number of halogens is 2. The molecular weight excluding hydrogens is 472 g/mol. The molecule has 2 fully saturated rings. The van der Waals surface area contributed by atoms with Gasteiger partial charge < -0.3 is 14.0 Å². The summed E-state index contributed by atoms with van der Waals surface area (Å²) in [4.78, 5) is 28.8. The van der Waals surface area contributed by atoms with E-state index < -0.39 is 5.97 Å². The number of aromatic nitrogens is 2. The smallest absolute Gasteiger partial charge is 0.343 e. The third-order valence-electron chi connectivity index (χ3n) is 5.91. The van der Waals surface area contributed by atoms with Crippen molar-refractivity contribution >= 4 is 33.5 Å². The molecule has 0 spiro atoms. The van der Waals surface area contributed by atoms with E-state index in [2.05, 4.69) is 20.9 Å². The van der Waals surface area contributed by atoms with Gasteiger partial charge in [0.05, 0.1) is 13.2 Å². The second-order valence-corrected chi connectivity index (χ2v) is 9.20. The number of pyridine rings is 2. The minimum Gasteiger partial charge on any atom is -0.490 e. The summed E-state index contributed by atoms with van der Waals surface area (Å²) in [6.45, 7) is 2.61. The zero-order chi connectivity index (χ0) is 21.3. The van der Waals surface area contributed by atoms with Crippen LogP contribution in [0.25, 0.3) is 0 Å². The Hall–Kier alpha value is -1.86. The Morgan fingerprint density at radius 3 is 2.80 bits per heavy atom. The second-order valence-electron chi connectivity index (χ2n) is 8.09. The Morgan fingerprint density at radius 2 is 2.17 bits per heavy atom. The van der Waals surface area contributed by atoms with E-state index in [0.29, 0.717) is 34.5 Å². The summed E-state index contributed by atoms with van der Waals surface area (Å²) in [6.07, 6.45) is 9.41. The molecule has 0 aliphatic heterocycles. The molecule has 0 amide bonds. The molecular formula is C22H24BrClN2O4. The molecule has 0 unspecified atom stereocenters. The Morgan fingerprint density at radius 1 is 1.40 bits per heavy atom. The molecule has 160 valence electrons. The van der Waals surface area contributed by atoms with Gasteiger partial charge in [0.25, 0.3) is 0 Å². The standard InChI is InChI=1S/C22H24BrClN2O4/c1-2-29-21(28)16-12-26(9-6-17(16)27)22(7-3-8-22)11-15-10-18(20(24)25-19(15)23)30-13-14-4-5-14/h6,9-10,12,14H,2-5,7-8,11,13H2,1H3. The first kappa shape index (κ1) is 21.4. The van der Waals surface area contributed by atoms with Gasteiger partial charge in [-0.2, -0.15) is 0 Å². The number of hydrogen-bond donors (Lipinski definition) is 0. The SMILES string of the molecule is CCOC(=O)c1cn(C2(Cc3cc(OCC4CC4)c(Cl)nc3Br)CCC2)ccc1=O. The lowest BCUT2D eigenvalue weighted by Crippen LogP contribution is -2.43. The fraction of sp³-hybridized carbons (Fsp3) is 0.500. The Labute approximate surface area is 188 Å². The van der Waals surface area contributed by atoms with E-state index in [0.717, 1.165) is 24.8 Å². The first-order valence-corrected chi connectivity index (χ1v) is 11.5. The molecule has 2 aromatic rings. The molecule has 0 aromatic carbocycles. The van der Waals surface area contributed by atoms with Crippen LogP contribution in [-0.2, 0) is 16.7 Å². The predicted molar refractivity (Wildman–Crippen MR) is 117 cm³/mol. The van der Waals surface area contributed by atoms with E-state index in [1.54, 1.807) is 19.3 Å². The lowest BCUT2D eigenvalue weighted by atomic mass is 9.72. The van der Waals surface area contributed by atoms with E-state index in [1.807, 2.05) is 10.6 Å². The minimum absolute atomic E-state index is 0.0624. The Kier molecular flexibility index (Phi) is 6.21. The Bertz CT molecular complexity index is 1010. The van der Waals surface area contributed by atoms with Gasteiger partial charge in [0.1, 0.15) is 10.2 Å². The van der Waals surface area contributed by atoms with Crippen molar-refractivity contribution in [2.24, 2.45) is 5.92 Å². The Balaban J connectivity index is 1.63. The van der Waals surface area contributed by atoms with Crippen molar-refractivity contribution in [3.8, 4) is 5.75 Å². The van der Waals surface area contributed by atoms with Gasteiger partial charge in [-0.1, -0.05) is 11.6 Å². The molecule has 8 heteroatoms. The first-order chi connectivity index (χ1) is 14.4. The van der Waals surface area contributed by atoms with Crippen molar-refractivity contribution in [3.05, 3.63) is 55.6 Å². The molecule has 2 aliphatic carbocycles. The summed E-state index contributed by atoms with van der Waals surface area (Å²) >= 11 is 9.82. The molecule has 2 saturated carbocycles. The van der Waals surface area contributed by atoms with Crippen molar-refractivity contribution < 1.29 is 14.3 Å². The molecule has 2 heterocycles. The summed E-state index contributed by atoms with van der Waals surface area (Å²) in [5.41, 5.74) is 0.485. The number of rotatable bonds is 8. The molecule has 0 bridgehead atoms. The fourth-order valence-electron chi connectivity index (χ4n) is 3.81. The van der Waals surface area contributed by atoms with Crippen molar-refractivity contribution in [1.82, 2.24) is 9.55 Å². The summed E-state index contributed by atoms with van der Waals surface area (Å²) in [5.74, 6) is 0.633. The van der Waals surface area contributed by atoms with Crippen LogP contribution < -0.4 is 10.2 Å². The van der Waals surface area contributed by atoms with Crippen LogP contribution in [-0.4, -0.2) is 28.7 Å². The van der Waals surface area contributed by atoms with Gasteiger partial charge in [0.15, 0.2) is 16.3 Å². The second kappa shape index (κ2) is 8.71. The average Bonchev–Trinajstić information content (AvgIpc) is 3.50. The molecule has 6 nitrogen and oxygen atoms in total. The van der Waals surface area contributed by atoms with Crippen LogP contribution >= 0.6 is 27.5 Å². The predicted octanol–water partition coefficient (Wildman–Crippen LogP) is 4.75. The number of esters is 1. The molecule has 4 rings (SSSR count). The van der Waals surface area contributed by atoms with Gasteiger partial charge >= 0.3 is 5.97 Å². The van der Waals surface area contributed by atoms with E-state index >= 15 is 0 Å². The number of carbonyl (C=O) groups is 1. The highest BCUT2D eigenvalue weighted by Gasteiger charge is 2.39. The van der Waals surface area contributed by atoms with Crippen LogP contribution in [0.4, 0.5) is 0 Å². The van der Waals surface area contributed by atoms with E-state index in [9.17, 15) is 9.59 Å². The van der Waals surface area contributed by atoms with Gasteiger partial charge in [-0.15, -0.1) is 0 Å². The van der Waals surface area contributed by atoms with Gasteiger partial charge in [-0.3, -0.25) is 4.79 Å². The lowest BCUT2D eigenvalue weighted by Gasteiger charge is -2.44. The highest BCUT2D eigenvalue weighted by molar-refractivity contribution is 9.10. The molecule has 2 aliphatic rings. The molecule has 30 heavy (non-hydrogen) atoms. The van der Waals surface area contributed by atoms with Crippen LogP contribution in [0.3, 0.4) is 0 Å². The minimum atomic E-state index is -0.587. The molecule has 0 atom stereocenters. The quantitative estimate of drug-likeness (QED) is 0.390. The van der Waals surface area contributed by atoms with E-state index in [-0.39, 0.29) is 23.1 Å². The third-order valence-corrected chi connectivity index (χ3v) is 6.87. The average molecular weight is 496 g/mol. The van der Waals surface area contributed by atoms with Crippen LogP contribution in [0.15, 0.2) is 33.9 Å². The first-order valence-electron chi connectivity index (χ1n) is 10.3. The summed E-state index contributed by atoms with van der Waals surface area (Å²) < 4.78 is 13.6. The van der Waals surface area contributed by atoms with Gasteiger partial charge in [-0.25, -0.2) is 9.78 Å². The van der Waals surface area contributed by atoms with Gasteiger partial charge in [0.2, 0.25) is 0 Å². The molecule has 0 radical (unpaired) electrons. The zero-order valence-corrected chi connectivity index (χ0v) is 19.2. The third kappa shape index (κ3) is 4.42. The normalized spacial score (nSPS) is 17.3. The molecule has 2 aromatic heterocycles. The topological polar surface area (TPSA) is 70.4 Å². The molecule has 0 saturated heterocycles. The maximum Gasteiger partial charge on any atom is 0.343 e. The van der Waals surface area contributed by atoms with E-state index in [1.165, 1.54) is 18.9 Å². The van der Waals surface area contributed by atoms with Crippen LogP contribution in [0, 0.1) is 5.92 Å². The van der Waals surface area contributed by atoms with Crippen LogP contribution in [0.5, 0.6) is 5.75 Å². The lowest BCUT2D eigenvalue weighted by molar-refractivity contribution is 0.0521. The number of nitrogens with zero attached hydrogens (tertiary/aromatic N) is 2. The van der Waals surface area contributed by atoms with Crippen LogP contribution in [0.1, 0.15) is 54.9 Å². The van der Waals surface area contributed by atoms with Crippen molar-refractivity contribution in [1.29, 1.82) is 0 Å². The molecule has 0 N–H and O–H groups in total. The largest absolute Gasteiger partial charge is 0.490 e. The maximum atomic E-state index is 12.2. The number of hydrogen-bond acceptors (Lipinski definition) is 5. The zero-order valence-electron chi connectivity index (χ0n) is 16.8. The monoisotopic (exact) mass is 494 g/mol.